The molecule has 0 atom stereocenters. The van der Waals surface area contributed by atoms with Crippen LogP contribution < -0.4 is 5.32 Å². The van der Waals surface area contributed by atoms with Gasteiger partial charge in [-0.05, 0) is 37.9 Å². The Morgan fingerprint density at radius 2 is 2.25 bits per heavy atom. The van der Waals surface area contributed by atoms with Crippen molar-refractivity contribution in [3.8, 4) is 0 Å². The third-order valence-corrected chi connectivity index (χ3v) is 6.66. The largest absolute Gasteiger partial charge is 0.312 e. The summed E-state index contributed by atoms with van der Waals surface area (Å²) < 4.78 is 27.3. The number of hydrogen-bond acceptors (Lipinski definition) is 4. The van der Waals surface area contributed by atoms with Gasteiger partial charge in [0.1, 0.15) is 4.21 Å². The molecule has 20 heavy (non-hydrogen) atoms. The van der Waals surface area contributed by atoms with E-state index in [1.807, 2.05) is 6.07 Å². The highest BCUT2D eigenvalue weighted by atomic mass is 32.2. The van der Waals surface area contributed by atoms with Gasteiger partial charge < -0.3 is 5.32 Å². The average molecular weight is 314 g/mol. The average Bonchev–Trinajstić information content (AvgIpc) is 3.13. The maximum Gasteiger partial charge on any atom is 0.253 e. The zero-order chi connectivity index (χ0) is 14.6. The molecule has 1 aliphatic carbocycles. The van der Waals surface area contributed by atoms with Crippen molar-refractivity contribution >= 4 is 21.4 Å². The Bertz CT molecular complexity index is 547. The van der Waals surface area contributed by atoms with Crippen molar-refractivity contribution in [1.29, 1.82) is 0 Å². The number of rotatable bonds is 9. The highest BCUT2D eigenvalue weighted by Gasteiger charge is 2.37. The minimum Gasteiger partial charge on any atom is -0.312 e. The third-order valence-electron chi connectivity index (χ3n) is 3.19. The molecule has 0 amide bonds. The van der Waals surface area contributed by atoms with Crippen LogP contribution >= 0.6 is 11.3 Å². The molecule has 0 radical (unpaired) electrons. The van der Waals surface area contributed by atoms with Gasteiger partial charge in [0.15, 0.2) is 0 Å². The first-order chi connectivity index (χ1) is 9.59. The van der Waals surface area contributed by atoms with Crippen molar-refractivity contribution in [1.82, 2.24) is 9.62 Å². The topological polar surface area (TPSA) is 49.4 Å². The van der Waals surface area contributed by atoms with Crippen molar-refractivity contribution in [3.63, 3.8) is 0 Å². The molecule has 1 aliphatic rings. The molecule has 4 nitrogen and oxygen atoms in total. The molecular formula is C14H22N2O2S2. The zero-order valence-electron chi connectivity index (χ0n) is 11.8. The first kappa shape index (κ1) is 15.7. The van der Waals surface area contributed by atoms with E-state index in [1.165, 1.54) is 11.3 Å². The lowest BCUT2D eigenvalue weighted by molar-refractivity contribution is 0.437. The number of thiophene rings is 1. The van der Waals surface area contributed by atoms with Crippen LogP contribution in [0.2, 0.25) is 0 Å². The minimum atomic E-state index is -3.36. The Morgan fingerprint density at radius 1 is 1.50 bits per heavy atom. The Hall–Kier alpha value is -0.690. The summed E-state index contributed by atoms with van der Waals surface area (Å²) in [7, 11) is -3.36. The van der Waals surface area contributed by atoms with Gasteiger partial charge in [0.05, 0.1) is 0 Å². The van der Waals surface area contributed by atoms with E-state index >= 15 is 0 Å². The second-order valence-electron chi connectivity index (χ2n) is 4.99. The lowest BCUT2D eigenvalue weighted by atomic mass is 10.4. The van der Waals surface area contributed by atoms with Crippen molar-refractivity contribution < 1.29 is 8.42 Å². The van der Waals surface area contributed by atoms with E-state index in [9.17, 15) is 8.42 Å². The molecule has 0 saturated heterocycles. The van der Waals surface area contributed by atoms with Gasteiger partial charge in [-0.15, -0.1) is 17.9 Å². The van der Waals surface area contributed by atoms with E-state index in [2.05, 4.69) is 18.8 Å². The van der Waals surface area contributed by atoms with Crippen LogP contribution in [0, 0.1) is 0 Å². The summed E-state index contributed by atoms with van der Waals surface area (Å²) in [5, 5.41) is 3.29. The second kappa shape index (κ2) is 6.85. The first-order valence-electron chi connectivity index (χ1n) is 7.01. The van der Waals surface area contributed by atoms with E-state index in [-0.39, 0.29) is 6.04 Å². The number of nitrogens with zero attached hydrogens (tertiary/aromatic N) is 1. The molecule has 112 valence electrons. The van der Waals surface area contributed by atoms with Crippen LogP contribution in [-0.2, 0) is 16.6 Å². The lowest BCUT2D eigenvalue weighted by Gasteiger charge is -2.18. The van der Waals surface area contributed by atoms with Crippen molar-refractivity contribution in [2.24, 2.45) is 0 Å². The monoisotopic (exact) mass is 314 g/mol. The van der Waals surface area contributed by atoms with Crippen LogP contribution in [0.25, 0.3) is 0 Å². The van der Waals surface area contributed by atoms with Gasteiger partial charge in [0.2, 0.25) is 0 Å². The van der Waals surface area contributed by atoms with Crippen molar-refractivity contribution in [3.05, 3.63) is 29.7 Å². The highest BCUT2D eigenvalue weighted by molar-refractivity contribution is 7.91. The maximum atomic E-state index is 12.6. The van der Waals surface area contributed by atoms with Crippen LogP contribution in [0.1, 0.15) is 31.1 Å². The van der Waals surface area contributed by atoms with E-state index < -0.39 is 10.0 Å². The summed E-state index contributed by atoms with van der Waals surface area (Å²) in [6.07, 6.45) is 4.66. The number of sulfonamides is 1. The minimum absolute atomic E-state index is 0.168. The quantitative estimate of drug-likeness (QED) is 0.563. The standard InChI is InChI=1S/C14H22N2O2S2/c1-3-9-15-11-13-7-8-14(19-13)20(17,18)16(10-4-2)12-5-6-12/h4,7-8,12,15H,2-3,5-6,9-11H2,1H3. The van der Waals surface area contributed by atoms with E-state index in [0.29, 0.717) is 10.8 Å². The van der Waals surface area contributed by atoms with Crippen LogP contribution in [0.5, 0.6) is 0 Å². The number of hydrogen-bond donors (Lipinski definition) is 1. The summed E-state index contributed by atoms with van der Waals surface area (Å²) in [5.74, 6) is 0. The summed E-state index contributed by atoms with van der Waals surface area (Å²) in [6, 6.07) is 3.79. The maximum absolute atomic E-state index is 12.6. The fraction of sp³-hybridized carbons (Fsp3) is 0.571. The Balaban J connectivity index is 2.10. The predicted octanol–water partition coefficient (Wildman–Crippen LogP) is 2.59. The lowest BCUT2D eigenvalue weighted by Crippen LogP contribution is -2.32. The summed E-state index contributed by atoms with van der Waals surface area (Å²) in [4.78, 5) is 1.06. The zero-order valence-corrected chi connectivity index (χ0v) is 13.5. The second-order valence-corrected chi connectivity index (χ2v) is 8.28. The summed E-state index contributed by atoms with van der Waals surface area (Å²) >= 11 is 1.36. The van der Waals surface area contributed by atoms with Crippen LogP contribution in [-0.4, -0.2) is 31.9 Å². The molecular weight excluding hydrogens is 292 g/mol. The molecule has 1 fully saturated rings. The van der Waals surface area contributed by atoms with E-state index in [4.69, 9.17) is 0 Å². The first-order valence-corrected chi connectivity index (χ1v) is 9.27. The highest BCUT2D eigenvalue weighted by Crippen LogP contribution is 2.34. The molecule has 0 unspecified atom stereocenters. The van der Waals surface area contributed by atoms with Gasteiger partial charge in [-0.1, -0.05) is 13.0 Å². The Morgan fingerprint density at radius 3 is 2.85 bits per heavy atom. The molecule has 1 aromatic rings. The van der Waals surface area contributed by atoms with Crippen LogP contribution in [0.3, 0.4) is 0 Å². The molecule has 1 N–H and O–H groups in total. The van der Waals surface area contributed by atoms with Gasteiger partial charge >= 0.3 is 0 Å². The molecule has 1 saturated carbocycles. The normalized spacial score (nSPS) is 15.7. The van der Waals surface area contributed by atoms with Gasteiger partial charge in [0.25, 0.3) is 10.0 Å². The molecule has 6 heteroatoms. The van der Waals surface area contributed by atoms with Gasteiger partial charge in [-0.25, -0.2) is 8.42 Å². The third kappa shape index (κ3) is 3.69. The van der Waals surface area contributed by atoms with Crippen LogP contribution in [0.4, 0.5) is 0 Å². The molecule has 2 rings (SSSR count). The Labute approximate surface area is 125 Å². The SMILES string of the molecule is C=CCN(C1CC1)S(=O)(=O)c1ccc(CNCCC)s1. The summed E-state index contributed by atoms with van der Waals surface area (Å²) in [6.45, 7) is 7.85. The molecule has 1 heterocycles. The Kier molecular flexibility index (Phi) is 5.37. The molecule has 0 bridgehead atoms. The smallest absolute Gasteiger partial charge is 0.253 e. The van der Waals surface area contributed by atoms with Gasteiger partial charge in [0, 0.05) is 24.0 Å². The molecule has 1 aromatic heterocycles. The molecule has 0 spiro atoms. The van der Waals surface area contributed by atoms with E-state index in [0.717, 1.165) is 37.2 Å². The van der Waals surface area contributed by atoms with Crippen LogP contribution in [0.15, 0.2) is 29.0 Å². The fourth-order valence-electron chi connectivity index (χ4n) is 2.03. The summed E-state index contributed by atoms with van der Waals surface area (Å²) in [5.41, 5.74) is 0. The van der Waals surface area contributed by atoms with Crippen molar-refractivity contribution in [2.75, 3.05) is 13.1 Å². The van der Waals surface area contributed by atoms with E-state index in [1.54, 1.807) is 16.4 Å². The number of nitrogens with one attached hydrogen (secondary N) is 1. The fourth-order valence-corrected chi connectivity index (χ4v) is 5.14. The molecule has 0 aromatic carbocycles. The van der Waals surface area contributed by atoms with Gasteiger partial charge in [-0.2, -0.15) is 4.31 Å². The van der Waals surface area contributed by atoms with Crippen molar-refractivity contribution in [2.45, 2.75) is 43.0 Å². The van der Waals surface area contributed by atoms with Gasteiger partial charge in [-0.3, -0.25) is 0 Å². The molecule has 0 aliphatic heterocycles. The predicted molar refractivity (Wildman–Crippen MR) is 83.4 cm³/mol.